The van der Waals surface area contributed by atoms with Crippen molar-refractivity contribution in [1.82, 2.24) is 24.5 Å². The molecule has 1 aromatic carbocycles. The molecular weight excluding hydrogens is 366 g/mol. The maximum Gasteiger partial charge on any atom is 0.232 e. The van der Waals surface area contributed by atoms with Crippen LogP contribution in [0.1, 0.15) is 19.9 Å². The first kappa shape index (κ1) is 18.7. The predicted octanol–water partition coefficient (Wildman–Crippen LogP) is 4.04. The zero-order valence-corrected chi connectivity index (χ0v) is 16.4. The van der Waals surface area contributed by atoms with Gasteiger partial charge >= 0.3 is 0 Å². The number of ether oxygens (including phenoxy) is 1. The number of pyridine rings is 1. The minimum absolute atomic E-state index is 0.229. The molecule has 0 spiro atoms. The van der Waals surface area contributed by atoms with Gasteiger partial charge in [0.05, 0.1) is 12.9 Å². The highest BCUT2D eigenvalue weighted by Gasteiger charge is 2.15. The van der Waals surface area contributed by atoms with E-state index in [1.807, 2.05) is 53.1 Å². The smallest absolute Gasteiger partial charge is 0.232 e. The van der Waals surface area contributed by atoms with Crippen molar-refractivity contribution in [3.8, 4) is 5.75 Å². The van der Waals surface area contributed by atoms with E-state index in [9.17, 15) is 0 Å². The molecule has 0 fully saturated rings. The summed E-state index contributed by atoms with van der Waals surface area (Å²) in [5, 5.41) is 6.49. The third-order valence-corrected chi connectivity index (χ3v) is 4.29. The van der Waals surface area contributed by atoms with Gasteiger partial charge in [0.25, 0.3) is 0 Å². The zero-order valence-electron chi connectivity index (χ0n) is 16.4. The lowest BCUT2D eigenvalue weighted by atomic mass is 10.3. The summed E-state index contributed by atoms with van der Waals surface area (Å²) in [6.45, 7) is 5.27. The summed E-state index contributed by atoms with van der Waals surface area (Å²) in [7, 11) is 0. The Kier molecular flexibility index (Phi) is 5.51. The minimum atomic E-state index is 0.229. The lowest BCUT2D eigenvalue weighted by molar-refractivity contribution is 0.333. The average Bonchev–Trinajstić information content (AvgIpc) is 3.17. The number of anilines is 3. The van der Waals surface area contributed by atoms with Gasteiger partial charge < -0.3 is 19.9 Å². The van der Waals surface area contributed by atoms with Gasteiger partial charge in [-0.3, -0.25) is 0 Å². The highest BCUT2D eigenvalue weighted by molar-refractivity contribution is 5.84. The van der Waals surface area contributed by atoms with Crippen molar-refractivity contribution < 1.29 is 4.74 Å². The van der Waals surface area contributed by atoms with Gasteiger partial charge in [-0.25, -0.2) is 9.97 Å². The fourth-order valence-corrected chi connectivity index (χ4v) is 2.88. The van der Waals surface area contributed by atoms with E-state index < -0.39 is 0 Å². The van der Waals surface area contributed by atoms with Crippen LogP contribution in [0.25, 0.3) is 11.2 Å². The molecule has 29 heavy (non-hydrogen) atoms. The molecule has 3 aromatic heterocycles. The fourth-order valence-electron chi connectivity index (χ4n) is 2.88. The number of imidazole rings is 1. The Morgan fingerprint density at radius 3 is 2.59 bits per heavy atom. The highest BCUT2D eigenvalue weighted by Crippen LogP contribution is 2.24. The molecule has 0 saturated heterocycles. The van der Waals surface area contributed by atoms with E-state index >= 15 is 0 Å². The Morgan fingerprint density at radius 1 is 1.00 bits per heavy atom. The third-order valence-electron chi connectivity index (χ3n) is 4.29. The Morgan fingerprint density at radius 2 is 1.83 bits per heavy atom. The summed E-state index contributed by atoms with van der Waals surface area (Å²) in [6, 6.07) is 15.6. The summed E-state index contributed by atoms with van der Waals surface area (Å²) in [5.41, 5.74) is 1.49. The van der Waals surface area contributed by atoms with Crippen LogP contribution in [-0.2, 0) is 0 Å². The van der Waals surface area contributed by atoms with Gasteiger partial charge in [-0.05, 0) is 38.1 Å². The van der Waals surface area contributed by atoms with Crippen LogP contribution in [0.3, 0.4) is 0 Å². The Hall–Kier alpha value is -3.68. The van der Waals surface area contributed by atoms with E-state index in [1.165, 1.54) is 0 Å². The monoisotopic (exact) mass is 389 g/mol. The Bertz CT molecular complexity index is 1060. The van der Waals surface area contributed by atoms with E-state index in [-0.39, 0.29) is 6.04 Å². The van der Waals surface area contributed by atoms with Crippen molar-refractivity contribution >= 4 is 28.7 Å². The molecular formula is C21H23N7O. The van der Waals surface area contributed by atoms with Gasteiger partial charge in [0.15, 0.2) is 17.0 Å². The van der Waals surface area contributed by atoms with Crippen molar-refractivity contribution in [2.75, 3.05) is 23.8 Å². The van der Waals surface area contributed by atoms with Crippen LogP contribution in [0.4, 0.5) is 17.6 Å². The second-order valence-corrected chi connectivity index (χ2v) is 6.74. The van der Waals surface area contributed by atoms with Crippen LogP contribution in [0.5, 0.6) is 5.75 Å². The van der Waals surface area contributed by atoms with Crippen molar-refractivity contribution in [2.24, 2.45) is 0 Å². The number of benzene rings is 1. The van der Waals surface area contributed by atoms with Gasteiger partial charge in [-0.2, -0.15) is 9.97 Å². The number of hydrogen-bond donors (Lipinski definition) is 2. The molecule has 3 heterocycles. The van der Waals surface area contributed by atoms with Crippen LogP contribution in [0.15, 0.2) is 61.1 Å². The van der Waals surface area contributed by atoms with E-state index in [2.05, 4.69) is 44.4 Å². The lowest BCUT2D eigenvalue weighted by Crippen LogP contribution is -2.14. The molecule has 2 N–H and O–H groups in total. The van der Waals surface area contributed by atoms with Gasteiger partial charge in [0, 0.05) is 12.2 Å². The highest BCUT2D eigenvalue weighted by atomic mass is 16.5. The number of hydrogen-bond acceptors (Lipinski definition) is 7. The zero-order chi connectivity index (χ0) is 20.1. The molecule has 0 radical (unpaired) electrons. The lowest BCUT2D eigenvalue weighted by Gasteiger charge is -2.12. The second kappa shape index (κ2) is 8.55. The van der Waals surface area contributed by atoms with Gasteiger partial charge in [-0.15, -0.1) is 0 Å². The van der Waals surface area contributed by atoms with Crippen molar-refractivity contribution in [2.45, 2.75) is 19.9 Å². The number of nitrogens with zero attached hydrogens (tertiary/aromatic N) is 5. The molecule has 0 saturated carbocycles. The predicted molar refractivity (Wildman–Crippen MR) is 114 cm³/mol. The molecule has 148 valence electrons. The van der Waals surface area contributed by atoms with Crippen molar-refractivity contribution in [1.29, 1.82) is 0 Å². The molecule has 8 heteroatoms. The van der Waals surface area contributed by atoms with Gasteiger partial charge in [0.1, 0.15) is 18.2 Å². The molecule has 0 amide bonds. The van der Waals surface area contributed by atoms with Crippen LogP contribution >= 0.6 is 0 Å². The average molecular weight is 389 g/mol. The molecule has 0 atom stereocenters. The first-order valence-corrected chi connectivity index (χ1v) is 9.55. The van der Waals surface area contributed by atoms with Crippen LogP contribution < -0.4 is 15.4 Å². The molecule has 8 nitrogen and oxygen atoms in total. The van der Waals surface area contributed by atoms with Gasteiger partial charge in [0.2, 0.25) is 5.95 Å². The Balaban J connectivity index is 1.55. The first-order chi connectivity index (χ1) is 14.2. The number of fused-ring (bicyclic) bond motifs is 1. The van der Waals surface area contributed by atoms with Crippen LogP contribution in [-0.4, -0.2) is 37.7 Å². The standard InChI is InChI=1S/C21H23N7O/c1-15(2)28-14-24-18-19(23-12-13-29-16-8-4-3-5-9-16)26-21(27-20(18)28)25-17-10-6-7-11-22-17/h3-11,14-15H,12-13H2,1-2H3,(H2,22,23,25,26,27). The Labute approximate surface area is 169 Å². The normalized spacial score (nSPS) is 11.0. The summed E-state index contributed by atoms with van der Waals surface area (Å²) in [5.74, 6) is 2.64. The summed E-state index contributed by atoms with van der Waals surface area (Å²) >= 11 is 0. The van der Waals surface area contributed by atoms with Crippen molar-refractivity contribution in [3.63, 3.8) is 0 Å². The van der Waals surface area contributed by atoms with Crippen molar-refractivity contribution in [3.05, 3.63) is 61.1 Å². The second-order valence-electron chi connectivity index (χ2n) is 6.74. The molecule has 0 aliphatic carbocycles. The topological polar surface area (TPSA) is 89.8 Å². The maximum atomic E-state index is 5.75. The fraction of sp³-hybridized carbons (Fsp3) is 0.238. The maximum absolute atomic E-state index is 5.75. The molecule has 0 aliphatic rings. The summed E-state index contributed by atoms with van der Waals surface area (Å²) in [6.07, 6.45) is 3.51. The number of para-hydroxylation sites is 1. The third kappa shape index (κ3) is 4.43. The number of rotatable bonds is 8. The largest absolute Gasteiger partial charge is 0.492 e. The quantitative estimate of drug-likeness (QED) is 0.440. The molecule has 4 aromatic rings. The number of nitrogens with one attached hydrogen (secondary N) is 2. The van der Waals surface area contributed by atoms with E-state index in [4.69, 9.17) is 4.74 Å². The molecule has 4 rings (SSSR count). The molecule has 0 aliphatic heterocycles. The van der Waals surface area contributed by atoms with Crippen LogP contribution in [0, 0.1) is 0 Å². The van der Waals surface area contributed by atoms with Crippen LogP contribution in [0.2, 0.25) is 0 Å². The molecule has 0 unspecified atom stereocenters. The SMILES string of the molecule is CC(C)n1cnc2c(NCCOc3ccccc3)nc(Nc3ccccn3)nc21. The van der Waals surface area contributed by atoms with Gasteiger partial charge in [-0.1, -0.05) is 24.3 Å². The van der Waals surface area contributed by atoms with E-state index in [0.29, 0.717) is 30.7 Å². The van der Waals surface area contributed by atoms with E-state index in [1.54, 1.807) is 12.5 Å². The summed E-state index contributed by atoms with van der Waals surface area (Å²) < 4.78 is 7.77. The molecule has 0 bridgehead atoms. The van der Waals surface area contributed by atoms with E-state index in [0.717, 1.165) is 16.9 Å². The minimum Gasteiger partial charge on any atom is -0.492 e. The first-order valence-electron chi connectivity index (χ1n) is 9.55. The summed E-state index contributed by atoms with van der Waals surface area (Å²) in [4.78, 5) is 18.1. The number of aromatic nitrogens is 5.